The molecule has 7 nitrogen and oxygen atoms in total. The smallest absolute Gasteiger partial charge is 0.306 e. The summed E-state index contributed by atoms with van der Waals surface area (Å²) in [4.78, 5) is 24.8. The highest BCUT2D eigenvalue weighted by Crippen LogP contribution is 2.16. The average Bonchev–Trinajstić information content (AvgIpc) is 2.86. The van der Waals surface area contributed by atoms with Gasteiger partial charge in [-0.1, -0.05) is 0 Å². The summed E-state index contributed by atoms with van der Waals surface area (Å²) in [6.45, 7) is 7.14. The molecule has 1 amide bonds. The molecule has 0 radical (unpaired) electrons. The molecule has 1 saturated heterocycles. The van der Waals surface area contributed by atoms with Gasteiger partial charge in [0.25, 0.3) is 5.91 Å². The van der Waals surface area contributed by atoms with Gasteiger partial charge in [-0.15, -0.1) is 0 Å². The van der Waals surface area contributed by atoms with Gasteiger partial charge >= 0.3 is 5.97 Å². The maximum atomic E-state index is 12.4. The SMILES string of the molecule is CC(C)(C)n1cc(C(=O)N2CCOC(CC(=O)O)C2)cn1. The first-order chi connectivity index (χ1) is 9.77. The number of nitrogens with zero attached hydrogens (tertiary/aromatic N) is 3. The molecule has 1 N–H and O–H groups in total. The van der Waals surface area contributed by atoms with Gasteiger partial charge in [-0.3, -0.25) is 14.3 Å². The van der Waals surface area contributed by atoms with Crippen molar-refractivity contribution in [3.05, 3.63) is 18.0 Å². The minimum atomic E-state index is -0.921. The highest BCUT2D eigenvalue weighted by molar-refractivity contribution is 5.93. The van der Waals surface area contributed by atoms with Gasteiger partial charge in [0.1, 0.15) is 0 Å². The molecule has 1 aliphatic heterocycles. The van der Waals surface area contributed by atoms with E-state index in [0.29, 0.717) is 25.3 Å². The lowest BCUT2D eigenvalue weighted by atomic mass is 10.1. The van der Waals surface area contributed by atoms with Crippen molar-refractivity contribution in [2.24, 2.45) is 0 Å². The molecule has 2 heterocycles. The van der Waals surface area contributed by atoms with Gasteiger partial charge in [-0.25, -0.2) is 0 Å². The van der Waals surface area contributed by atoms with Crippen molar-refractivity contribution in [2.75, 3.05) is 19.7 Å². The normalized spacial score (nSPS) is 19.6. The van der Waals surface area contributed by atoms with Crippen LogP contribution in [-0.2, 0) is 15.1 Å². The van der Waals surface area contributed by atoms with Gasteiger partial charge in [-0.05, 0) is 20.8 Å². The van der Waals surface area contributed by atoms with Crippen LogP contribution in [0.2, 0.25) is 0 Å². The number of aliphatic carboxylic acids is 1. The Balaban J connectivity index is 2.05. The van der Waals surface area contributed by atoms with E-state index in [-0.39, 0.29) is 17.9 Å². The Kier molecular flexibility index (Phi) is 4.32. The summed E-state index contributed by atoms with van der Waals surface area (Å²) >= 11 is 0. The third-order valence-corrected chi connectivity index (χ3v) is 3.35. The van der Waals surface area contributed by atoms with Crippen LogP contribution in [0.3, 0.4) is 0 Å². The molecule has 0 saturated carbocycles. The van der Waals surface area contributed by atoms with E-state index < -0.39 is 12.1 Å². The molecule has 1 aromatic heterocycles. The van der Waals surface area contributed by atoms with E-state index in [1.54, 1.807) is 22.0 Å². The first-order valence-electron chi connectivity index (χ1n) is 6.95. The zero-order chi connectivity index (χ0) is 15.6. The summed E-state index contributed by atoms with van der Waals surface area (Å²) in [6.07, 6.45) is 2.74. The Labute approximate surface area is 123 Å². The largest absolute Gasteiger partial charge is 0.481 e. The Morgan fingerprint density at radius 2 is 2.19 bits per heavy atom. The van der Waals surface area contributed by atoms with Crippen LogP contribution < -0.4 is 0 Å². The van der Waals surface area contributed by atoms with Gasteiger partial charge in [0, 0.05) is 19.3 Å². The van der Waals surface area contributed by atoms with Gasteiger partial charge in [0.05, 0.1) is 36.4 Å². The Hall–Kier alpha value is -1.89. The molecular weight excluding hydrogens is 274 g/mol. The lowest BCUT2D eigenvalue weighted by Crippen LogP contribution is -2.46. The third kappa shape index (κ3) is 3.81. The zero-order valence-corrected chi connectivity index (χ0v) is 12.6. The van der Waals surface area contributed by atoms with Gasteiger partial charge in [0.15, 0.2) is 0 Å². The van der Waals surface area contributed by atoms with Gasteiger partial charge < -0.3 is 14.7 Å². The highest BCUT2D eigenvalue weighted by Gasteiger charge is 2.27. The summed E-state index contributed by atoms with van der Waals surface area (Å²) in [6, 6.07) is 0. The van der Waals surface area contributed by atoms with E-state index in [1.807, 2.05) is 20.8 Å². The summed E-state index contributed by atoms with van der Waals surface area (Å²) < 4.78 is 7.11. The minimum Gasteiger partial charge on any atom is -0.481 e. The van der Waals surface area contributed by atoms with Crippen molar-refractivity contribution >= 4 is 11.9 Å². The van der Waals surface area contributed by atoms with E-state index in [0.717, 1.165) is 0 Å². The fourth-order valence-corrected chi connectivity index (χ4v) is 2.20. The van der Waals surface area contributed by atoms with Crippen molar-refractivity contribution in [3.63, 3.8) is 0 Å². The number of carboxylic acids is 1. The van der Waals surface area contributed by atoms with Crippen molar-refractivity contribution in [3.8, 4) is 0 Å². The molecular formula is C14H21N3O4. The summed E-state index contributed by atoms with van der Waals surface area (Å²) in [5.41, 5.74) is 0.330. The van der Waals surface area contributed by atoms with Gasteiger partial charge in [-0.2, -0.15) is 5.10 Å². The number of morpholine rings is 1. The molecule has 2 rings (SSSR count). The Bertz CT molecular complexity index is 533. The van der Waals surface area contributed by atoms with Gasteiger partial charge in [0.2, 0.25) is 0 Å². The number of amides is 1. The number of rotatable bonds is 3. The maximum absolute atomic E-state index is 12.4. The number of carbonyl (C=O) groups is 2. The van der Waals surface area contributed by atoms with Crippen LogP contribution in [0.25, 0.3) is 0 Å². The Morgan fingerprint density at radius 1 is 1.48 bits per heavy atom. The predicted octanol–water partition coefficient (Wildman–Crippen LogP) is 0.954. The number of carbonyl (C=O) groups excluding carboxylic acids is 1. The number of aromatic nitrogens is 2. The van der Waals surface area contributed by atoms with Crippen LogP contribution in [0, 0.1) is 0 Å². The monoisotopic (exact) mass is 295 g/mol. The molecule has 1 aromatic rings. The number of ether oxygens (including phenoxy) is 1. The van der Waals surface area contributed by atoms with E-state index in [9.17, 15) is 9.59 Å². The van der Waals surface area contributed by atoms with Crippen molar-refractivity contribution in [1.82, 2.24) is 14.7 Å². The molecule has 7 heteroatoms. The van der Waals surface area contributed by atoms with Crippen molar-refractivity contribution in [2.45, 2.75) is 38.8 Å². The van der Waals surface area contributed by atoms with Crippen LogP contribution in [0.1, 0.15) is 37.6 Å². The van der Waals surface area contributed by atoms with Crippen LogP contribution in [0.15, 0.2) is 12.4 Å². The quantitative estimate of drug-likeness (QED) is 0.897. The molecule has 1 fully saturated rings. The molecule has 0 aliphatic carbocycles. The lowest BCUT2D eigenvalue weighted by molar-refractivity contribution is -0.141. The standard InChI is InChI=1S/C14H21N3O4/c1-14(2,3)17-8-10(7-15-17)13(20)16-4-5-21-11(9-16)6-12(18)19/h7-8,11H,4-6,9H2,1-3H3,(H,18,19). The fourth-order valence-electron chi connectivity index (χ4n) is 2.20. The molecule has 116 valence electrons. The first kappa shape index (κ1) is 15.5. The fraction of sp³-hybridized carbons (Fsp3) is 0.643. The summed E-state index contributed by atoms with van der Waals surface area (Å²) in [7, 11) is 0. The second-order valence-electron chi connectivity index (χ2n) is 6.19. The second kappa shape index (κ2) is 5.85. The summed E-state index contributed by atoms with van der Waals surface area (Å²) in [5.74, 6) is -1.06. The summed E-state index contributed by atoms with van der Waals surface area (Å²) in [5, 5.41) is 13.0. The van der Waals surface area contributed by atoms with Crippen molar-refractivity contribution in [1.29, 1.82) is 0 Å². The zero-order valence-electron chi connectivity index (χ0n) is 12.6. The number of hydrogen-bond acceptors (Lipinski definition) is 4. The maximum Gasteiger partial charge on any atom is 0.306 e. The average molecular weight is 295 g/mol. The highest BCUT2D eigenvalue weighted by atomic mass is 16.5. The van der Waals surface area contributed by atoms with E-state index >= 15 is 0 Å². The van der Waals surface area contributed by atoms with Crippen LogP contribution in [0.4, 0.5) is 0 Å². The van der Waals surface area contributed by atoms with Crippen LogP contribution in [-0.4, -0.2) is 57.5 Å². The van der Waals surface area contributed by atoms with E-state index in [1.165, 1.54) is 0 Å². The lowest BCUT2D eigenvalue weighted by Gasteiger charge is -2.32. The topological polar surface area (TPSA) is 84.7 Å². The molecule has 1 aliphatic rings. The first-order valence-corrected chi connectivity index (χ1v) is 6.95. The van der Waals surface area contributed by atoms with E-state index in [2.05, 4.69) is 5.10 Å². The van der Waals surface area contributed by atoms with Crippen molar-refractivity contribution < 1.29 is 19.4 Å². The minimum absolute atomic E-state index is 0.0922. The van der Waals surface area contributed by atoms with E-state index in [4.69, 9.17) is 9.84 Å². The van der Waals surface area contributed by atoms with Crippen LogP contribution >= 0.6 is 0 Å². The number of hydrogen-bond donors (Lipinski definition) is 1. The predicted molar refractivity (Wildman–Crippen MR) is 75.1 cm³/mol. The molecule has 0 spiro atoms. The molecule has 1 unspecified atom stereocenters. The number of carboxylic acid groups (broad SMARTS) is 1. The third-order valence-electron chi connectivity index (χ3n) is 3.35. The molecule has 1 atom stereocenters. The van der Waals surface area contributed by atoms with Crippen LogP contribution in [0.5, 0.6) is 0 Å². The molecule has 0 bridgehead atoms. The molecule has 0 aromatic carbocycles. The second-order valence-corrected chi connectivity index (χ2v) is 6.19. The Morgan fingerprint density at radius 3 is 2.76 bits per heavy atom. The molecule has 21 heavy (non-hydrogen) atoms.